The van der Waals surface area contributed by atoms with Gasteiger partial charge in [-0.3, -0.25) is 4.79 Å². The number of rotatable bonds is 3. The van der Waals surface area contributed by atoms with E-state index < -0.39 is 0 Å². The molecule has 0 radical (unpaired) electrons. The third kappa shape index (κ3) is 3.13. The first kappa shape index (κ1) is 12.7. The molecule has 2 rings (SSSR count). The molecule has 3 nitrogen and oxygen atoms in total. The minimum Gasteiger partial charge on any atom is -0.508 e. The molecule has 1 aromatic carbocycles. The van der Waals surface area contributed by atoms with Gasteiger partial charge in [0.25, 0.3) is 5.91 Å². The van der Waals surface area contributed by atoms with Crippen molar-refractivity contribution in [2.45, 2.75) is 26.2 Å². The molecule has 0 aliphatic heterocycles. The Kier molecular flexibility index (Phi) is 4.03. The van der Waals surface area contributed by atoms with Crippen molar-refractivity contribution in [3.8, 4) is 5.75 Å². The molecule has 0 spiro atoms. The molecule has 1 aromatic rings. The molecule has 1 unspecified atom stereocenters. The van der Waals surface area contributed by atoms with Gasteiger partial charge < -0.3 is 10.4 Å². The largest absolute Gasteiger partial charge is 0.508 e. The minimum atomic E-state index is -0.0537. The van der Waals surface area contributed by atoms with Crippen LogP contribution >= 0.6 is 0 Å². The lowest BCUT2D eigenvalue weighted by Gasteiger charge is -2.18. The van der Waals surface area contributed by atoms with Crippen molar-refractivity contribution in [1.82, 2.24) is 5.32 Å². The molecule has 1 aliphatic rings. The van der Waals surface area contributed by atoms with Gasteiger partial charge in [-0.2, -0.15) is 0 Å². The Balaban J connectivity index is 1.93. The molecule has 0 heterocycles. The van der Waals surface area contributed by atoms with E-state index in [2.05, 4.69) is 17.5 Å². The smallest absolute Gasteiger partial charge is 0.251 e. The molecule has 0 bridgehead atoms. The standard InChI is InChI=1S/C15H19NO2/c1-11-9-13(17)7-8-14(11)15(18)16-10-12-5-3-2-4-6-12/h2-3,7-9,12,17H,4-6,10H2,1H3,(H,16,18). The number of hydrogen-bond donors (Lipinski definition) is 2. The van der Waals surface area contributed by atoms with Crippen LogP contribution in [0.25, 0.3) is 0 Å². The average molecular weight is 245 g/mol. The second-order valence-electron chi connectivity index (χ2n) is 4.86. The van der Waals surface area contributed by atoms with E-state index in [0.29, 0.717) is 11.5 Å². The summed E-state index contributed by atoms with van der Waals surface area (Å²) < 4.78 is 0. The van der Waals surface area contributed by atoms with Gasteiger partial charge in [-0.05, 0) is 55.9 Å². The van der Waals surface area contributed by atoms with Crippen molar-refractivity contribution in [1.29, 1.82) is 0 Å². The van der Waals surface area contributed by atoms with Crippen LogP contribution in [0, 0.1) is 12.8 Å². The third-order valence-corrected chi connectivity index (χ3v) is 3.38. The van der Waals surface area contributed by atoms with Crippen molar-refractivity contribution in [3.63, 3.8) is 0 Å². The second kappa shape index (κ2) is 5.71. The van der Waals surface area contributed by atoms with Crippen LogP contribution in [0.4, 0.5) is 0 Å². The fraction of sp³-hybridized carbons (Fsp3) is 0.400. The van der Waals surface area contributed by atoms with Gasteiger partial charge in [0.15, 0.2) is 0 Å². The molecular weight excluding hydrogens is 226 g/mol. The van der Waals surface area contributed by atoms with Gasteiger partial charge in [-0.25, -0.2) is 0 Å². The number of nitrogens with one attached hydrogen (secondary N) is 1. The number of phenolic OH excluding ortho intramolecular Hbond substituents is 1. The second-order valence-corrected chi connectivity index (χ2v) is 4.86. The SMILES string of the molecule is Cc1cc(O)ccc1C(=O)NCC1CC=CCC1. The van der Waals surface area contributed by atoms with E-state index in [1.807, 2.05) is 6.92 Å². The highest BCUT2D eigenvalue weighted by molar-refractivity contribution is 5.95. The number of aryl methyl sites for hydroxylation is 1. The van der Waals surface area contributed by atoms with Crippen molar-refractivity contribution >= 4 is 5.91 Å². The first-order chi connectivity index (χ1) is 8.66. The van der Waals surface area contributed by atoms with Crippen LogP contribution in [0.2, 0.25) is 0 Å². The quantitative estimate of drug-likeness (QED) is 0.804. The number of benzene rings is 1. The lowest BCUT2D eigenvalue weighted by molar-refractivity contribution is 0.0945. The van der Waals surface area contributed by atoms with Crippen molar-refractivity contribution in [2.24, 2.45) is 5.92 Å². The van der Waals surface area contributed by atoms with E-state index in [-0.39, 0.29) is 11.7 Å². The first-order valence-corrected chi connectivity index (χ1v) is 6.39. The zero-order valence-electron chi connectivity index (χ0n) is 10.6. The maximum Gasteiger partial charge on any atom is 0.251 e. The predicted octanol–water partition coefficient (Wildman–Crippen LogP) is 2.79. The summed E-state index contributed by atoms with van der Waals surface area (Å²) in [4.78, 5) is 12.0. The van der Waals surface area contributed by atoms with Gasteiger partial charge in [-0.15, -0.1) is 0 Å². The summed E-state index contributed by atoms with van der Waals surface area (Å²) in [6.07, 6.45) is 7.69. The van der Waals surface area contributed by atoms with Gasteiger partial charge in [0, 0.05) is 12.1 Å². The monoisotopic (exact) mass is 245 g/mol. The van der Waals surface area contributed by atoms with E-state index >= 15 is 0 Å². The molecule has 1 atom stereocenters. The molecule has 1 aliphatic carbocycles. The van der Waals surface area contributed by atoms with E-state index in [9.17, 15) is 9.90 Å². The first-order valence-electron chi connectivity index (χ1n) is 6.39. The maximum absolute atomic E-state index is 12.0. The Bertz CT molecular complexity index is 466. The van der Waals surface area contributed by atoms with Crippen LogP contribution in [0.3, 0.4) is 0 Å². The topological polar surface area (TPSA) is 49.3 Å². The fourth-order valence-electron chi connectivity index (χ4n) is 2.28. The summed E-state index contributed by atoms with van der Waals surface area (Å²) in [5.41, 5.74) is 1.44. The lowest BCUT2D eigenvalue weighted by Crippen LogP contribution is -2.30. The highest BCUT2D eigenvalue weighted by Crippen LogP contribution is 2.18. The number of hydrogen-bond acceptors (Lipinski definition) is 2. The Morgan fingerprint density at radius 3 is 2.94 bits per heavy atom. The van der Waals surface area contributed by atoms with Crippen LogP contribution in [0.1, 0.15) is 35.2 Å². The molecule has 18 heavy (non-hydrogen) atoms. The lowest BCUT2D eigenvalue weighted by atomic mass is 9.94. The van der Waals surface area contributed by atoms with E-state index in [4.69, 9.17) is 0 Å². The summed E-state index contributed by atoms with van der Waals surface area (Å²) in [5, 5.41) is 12.3. The van der Waals surface area contributed by atoms with Crippen LogP contribution < -0.4 is 5.32 Å². The minimum absolute atomic E-state index is 0.0537. The summed E-state index contributed by atoms with van der Waals surface area (Å²) in [7, 11) is 0. The van der Waals surface area contributed by atoms with Gasteiger partial charge in [-0.1, -0.05) is 12.2 Å². The number of aromatic hydroxyl groups is 1. The van der Waals surface area contributed by atoms with Crippen LogP contribution in [-0.4, -0.2) is 17.6 Å². The summed E-state index contributed by atoms with van der Waals surface area (Å²) in [6, 6.07) is 4.82. The number of allylic oxidation sites excluding steroid dienone is 2. The molecular formula is C15H19NO2. The molecule has 0 aromatic heterocycles. The Labute approximate surface area is 108 Å². The highest BCUT2D eigenvalue weighted by atomic mass is 16.3. The molecule has 3 heteroatoms. The van der Waals surface area contributed by atoms with Crippen molar-refractivity contribution in [2.75, 3.05) is 6.54 Å². The van der Waals surface area contributed by atoms with Crippen LogP contribution in [-0.2, 0) is 0 Å². The number of carbonyl (C=O) groups is 1. The molecule has 0 saturated heterocycles. The number of carbonyl (C=O) groups excluding carboxylic acids is 1. The summed E-state index contributed by atoms with van der Waals surface area (Å²) in [5.74, 6) is 0.694. The highest BCUT2D eigenvalue weighted by Gasteiger charge is 2.13. The summed E-state index contributed by atoms with van der Waals surface area (Å²) in [6.45, 7) is 2.56. The van der Waals surface area contributed by atoms with Gasteiger partial charge in [0.1, 0.15) is 5.75 Å². The Morgan fingerprint density at radius 1 is 1.44 bits per heavy atom. The maximum atomic E-state index is 12.0. The molecule has 0 fully saturated rings. The van der Waals surface area contributed by atoms with Gasteiger partial charge in [0.2, 0.25) is 0 Å². The Morgan fingerprint density at radius 2 is 2.28 bits per heavy atom. The molecule has 1 amide bonds. The average Bonchev–Trinajstić information content (AvgIpc) is 2.37. The van der Waals surface area contributed by atoms with Crippen LogP contribution in [0.15, 0.2) is 30.4 Å². The fourth-order valence-corrected chi connectivity index (χ4v) is 2.28. The number of amides is 1. The van der Waals surface area contributed by atoms with E-state index in [0.717, 1.165) is 31.4 Å². The molecule has 96 valence electrons. The Hall–Kier alpha value is -1.77. The van der Waals surface area contributed by atoms with E-state index in [1.165, 1.54) is 0 Å². The molecule has 0 saturated carbocycles. The van der Waals surface area contributed by atoms with E-state index in [1.54, 1.807) is 18.2 Å². The van der Waals surface area contributed by atoms with Gasteiger partial charge in [0.05, 0.1) is 0 Å². The van der Waals surface area contributed by atoms with Crippen LogP contribution in [0.5, 0.6) is 5.75 Å². The predicted molar refractivity (Wildman–Crippen MR) is 71.7 cm³/mol. The normalized spacial score (nSPS) is 18.6. The number of phenols is 1. The van der Waals surface area contributed by atoms with Crippen molar-refractivity contribution < 1.29 is 9.90 Å². The van der Waals surface area contributed by atoms with Gasteiger partial charge >= 0.3 is 0 Å². The zero-order chi connectivity index (χ0) is 13.0. The third-order valence-electron chi connectivity index (χ3n) is 3.38. The molecule has 2 N–H and O–H groups in total. The van der Waals surface area contributed by atoms with Crippen molar-refractivity contribution in [3.05, 3.63) is 41.5 Å². The zero-order valence-corrected chi connectivity index (χ0v) is 10.6. The summed E-state index contributed by atoms with van der Waals surface area (Å²) >= 11 is 0.